The highest BCUT2D eigenvalue weighted by atomic mass is 35.5. The zero-order valence-corrected chi connectivity index (χ0v) is 32.4. The largest absolute Gasteiger partial charge is 0.376 e. The molecular formula is C41H68ClN5O3. The molecule has 2 saturated carbocycles. The van der Waals surface area contributed by atoms with Gasteiger partial charge in [-0.2, -0.15) is 5.26 Å². The molecule has 0 aromatic heterocycles. The van der Waals surface area contributed by atoms with Gasteiger partial charge in [0.2, 0.25) is 5.91 Å². The number of fused-ring (bicyclic) bond motifs is 1. The number of piperidine rings is 2. The Bertz CT molecular complexity index is 1170. The first-order chi connectivity index (χ1) is 24.3. The molecule has 0 radical (unpaired) electrons. The number of halogens is 1. The molecule has 50 heavy (non-hydrogen) atoms. The van der Waals surface area contributed by atoms with E-state index in [2.05, 4.69) is 59.8 Å². The fourth-order valence-corrected chi connectivity index (χ4v) is 10.0. The quantitative estimate of drug-likeness (QED) is 0.159. The number of likely N-dealkylation sites (tertiary alicyclic amines) is 1. The summed E-state index contributed by atoms with van der Waals surface area (Å²) >= 11 is 7.06. The van der Waals surface area contributed by atoms with Crippen LogP contribution in [0.15, 0.2) is 23.3 Å². The van der Waals surface area contributed by atoms with Gasteiger partial charge in [0.1, 0.15) is 0 Å². The number of nitrogens with one attached hydrogen (secondary N) is 3. The maximum Gasteiger partial charge on any atom is 0.220 e. The van der Waals surface area contributed by atoms with E-state index in [4.69, 9.17) is 21.1 Å². The number of hydrogen-bond donors (Lipinski definition) is 3. The van der Waals surface area contributed by atoms with Gasteiger partial charge in [-0.25, -0.2) is 0 Å². The highest BCUT2D eigenvalue weighted by Gasteiger charge is 2.47. The molecule has 1 amide bonds. The summed E-state index contributed by atoms with van der Waals surface area (Å²) in [4.78, 5) is 15.7. The van der Waals surface area contributed by atoms with Crippen LogP contribution in [0.4, 0.5) is 0 Å². The fourth-order valence-electron chi connectivity index (χ4n) is 9.61. The predicted molar refractivity (Wildman–Crippen MR) is 203 cm³/mol. The normalized spacial score (nSPS) is 35.9. The molecule has 0 aromatic rings. The van der Waals surface area contributed by atoms with Crippen molar-refractivity contribution in [2.75, 3.05) is 39.4 Å². The minimum Gasteiger partial charge on any atom is -0.376 e. The minimum atomic E-state index is -0.133. The monoisotopic (exact) mass is 714 g/mol. The first-order valence-corrected chi connectivity index (χ1v) is 20.9. The van der Waals surface area contributed by atoms with Crippen molar-refractivity contribution >= 4 is 17.5 Å². The lowest BCUT2D eigenvalue weighted by Crippen LogP contribution is -2.66. The van der Waals surface area contributed by atoms with E-state index >= 15 is 0 Å². The van der Waals surface area contributed by atoms with E-state index < -0.39 is 0 Å². The molecule has 0 spiro atoms. The second kappa shape index (κ2) is 20.1. The lowest BCUT2D eigenvalue weighted by atomic mass is 9.69. The van der Waals surface area contributed by atoms with Gasteiger partial charge in [0.05, 0.1) is 42.2 Å². The molecule has 8 nitrogen and oxygen atoms in total. The van der Waals surface area contributed by atoms with Crippen LogP contribution in [0.25, 0.3) is 0 Å². The van der Waals surface area contributed by atoms with Crippen molar-refractivity contribution in [1.82, 2.24) is 20.9 Å². The van der Waals surface area contributed by atoms with Gasteiger partial charge in [-0.1, -0.05) is 50.0 Å². The number of amides is 1. The molecule has 0 aromatic carbocycles. The van der Waals surface area contributed by atoms with Crippen LogP contribution in [0.2, 0.25) is 0 Å². The second-order valence-electron chi connectivity index (χ2n) is 16.2. The standard InChI is InChI=1S/C41H68ClN5O3/c1-5-11-30-15-16-31(14-13-28(30)3)29(4)27-50-38-18-17-33(22-35(38)42)45-41-32(25-43)26-44-36-24-39(49-6-2)37(23-34(36)41)46-40(48)12-10-21-47-19-8-7-9-20-47/h13-14,29-30,32-39,41,44-45H,5-12,15-24,26-27H2,1-4H3,(H,46,48). The van der Waals surface area contributed by atoms with Crippen LogP contribution in [0.3, 0.4) is 0 Å². The van der Waals surface area contributed by atoms with Gasteiger partial charge in [-0.3, -0.25) is 4.79 Å². The summed E-state index contributed by atoms with van der Waals surface area (Å²) in [6.45, 7) is 14.2. The van der Waals surface area contributed by atoms with E-state index in [0.717, 1.165) is 64.6 Å². The van der Waals surface area contributed by atoms with Gasteiger partial charge in [0.25, 0.3) is 0 Å². The van der Waals surface area contributed by atoms with E-state index in [1.165, 1.54) is 49.7 Å². The Balaban J connectivity index is 1.12. The Labute approximate surface area is 308 Å². The van der Waals surface area contributed by atoms with Crippen LogP contribution < -0.4 is 16.0 Å². The van der Waals surface area contributed by atoms with Gasteiger partial charge >= 0.3 is 0 Å². The Hall–Kier alpha value is -1.47. The Morgan fingerprint density at radius 2 is 1.92 bits per heavy atom. The summed E-state index contributed by atoms with van der Waals surface area (Å²) in [5, 5.41) is 21.2. The number of rotatable bonds is 15. The molecule has 5 aliphatic rings. The molecule has 2 saturated heterocycles. The third kappa shape index (κ3) is 11.0. The highest BCUT2D eigenvalue weighted by Crippen LogP contribution is 2.37. The number of nitrogens with zero attached hydrogens (tertiary/aromatic N) is 2. The van der Waals surface area contributed by atoms with Crippen LogP contribution in [0.5, 0.6) is 0 Å². The third-order valence-corrected chi connectivity index (χ3v) is 13.1. The Kier molecular flexibility index (Phi) is 16.0. The number of nitriles is 1. The summed E-state index contributed by atoms with van der Waals surface area (Å²) in [6, 6.07) is 3.11. The van der Waals surface area contributed by atoms with Crippen molar-refractivity contribution in [1.29, 1.82) is 5.26 Å². The summed E-state index contributed by atoms with van der Waals surface area (Å²) in [5.74, 6) is 1.32. The first kappa shape index (κ1) is 39.7. The van der Waals surface area contributed by atoms with Crippen molar-refractivity contribution in [2.45, 2.75) is 159 Å². The molecule has 11 unspecified atom stereocenters. The molecule has 9 heteroatoms. The smallest absolute Gasteiger partial charge is 0.220 e. The third-order valence-electron chi connectivity index (χ3n) is 12.6. The van der Waals surface area contributed by atoms with E-state index in [0.29, 0.717) is 38.0 Å². The van der Waals surface area contributed by atoms with Crippen LogP contribution in [-0.2, 0) is 14.3 Å². The maximum absolute atomic E-state index is 13.2. The van der Waals surface area contributed by atoms with Crippen LogP contribution in [-0.4, -0.2) is 92.0 Å². The van der Waals surface area contributed by atoms with Gasteiger partial charge in [0.15, 0.2) is 0 Å². The van der Waals surface area contributed by atoms with Crippen molar-refractivity contribution in [3.63, 3.8) is 0 Å². The summed E-state index contributed by atoms with van der Waals surface area (Å²) in [7, 11) is 0. The van der Waals surface area contributed by atoms with Gasteiger partial charge in [-0.15, -0.1) is 11.6 Å². The van der Waals surface area contributed by atoms with E-state index in [1.54, 1.807) is 0 Å². The zero-order valence-electron chi connectivity index (χ0n) is 31.6. The van der Waals surface area contributed by atoms with E-state index in [1.807, 2.05) is 6.92 Å². The summed E-state index contributed by atoms with van der Waals surface area (Å²) in [6.07, 6.45) is 19.3. The number of allylic oxidation sites excluding steroid dienone is 3. The minimum absolute atomic E-state index is 0.0205. The molecule has 11 atom stereocenters. The van der Waals surface area contributed by atoms with E-state index in [-0.39, 0.29) is 59.5 Å². The molecule has 0 bridgehead atoms. The lowest BCUT2D eigenvalue weighted by molar-refractivity contribution is -0.124. The molecule has 2 aliphatic heterocycles. The molecule has 282 valence electrons. The van der Waals surface area contributed by atoms with Crippen molar-refractivity contribution < 1.29 is 14.3 Å². The fraction of sp³-hybridized carbons (Fsp3) is 0.854. The second-order valence-corrected chi connectivity index (χ2v) is 16.8. The molecule has 4 fully saturated rings. The lowest BCUT2D eigenvalue weighted by Gasteiger charge is -2.50. The SMILES string of the molecule is CCCC1CCC(C(C)COC2CCC(NC3C(C#N)CNC4CC(OCC)C(NC(=O)CCCN5CCCCC5)CC43)CC2Cl)=CC=C1C. The van der Waals surface area contributed by atoms with Gasteiger partial charge in [-0.05, 0) is 116 Å². The number of alkyl halides is 1. The number of carbonyl (C=O) groups is 1. The molecule has 2 heterocycles. The Morgan fingerprint density at radius 3 is 2.66 bits per heavy atom. The van der Waals surface area contributed by atoms with Crippen molar-refractivity contribution in [3.8, 4) is 6.07 Å². The number of ether oxygens (including phenoxy) is 2. The van der Waals surface area contributed by atoms with Crippen LogP contribution >= 0.6 is 11.6 Å². The van der Waals surface area contributed by atoms with Crippen molar-refractivity contribution in [3.05, 3.63) is 23.3 Å². The summed E-state index contributed by atoms with van der Waals surface area (Å²) in [5.41, 5.74) is 3.01. The molecule has 5 rings (SSSR count). The first-order valence-electron chi connectivity index (χ1n) is 20.4. The maximum atomic E-state index is 13.2. The van der Waals surface area contributed by atoms with Crippen LogP contribution in [0.1, 0.15) is 118 Å². The Morgan fingerprint density at radius 1 is 1.10 bits per heavy atom. The summed E-state index contributed by atoms with van der Waals surface area (Å²) < 4.78 is 12.8. The number of hydrogen-bond acceptors (Lipinski definition) is 7. The molecule has 3 N–H and O–H groups in total. The average Bonchev–Trinajstić information content (AvgIpc) is 3.30. The highest BCUT2D eigenvalue weighted by molar-refractivity contribution is 6.21. The molecule has 3 aliphatic carbocycles. The average molecular weight is 714 g/mol. The van der Waals surface area contributed by atoms with Crippen molar-refractivity contribution in [2.24, 2.45) is 23.7 Å². The van der Waals surface area contributed by atoms with Gasteiger partial charge in [0, 0.05) is 43.6 Å². The topological polar surface area (TPSA) is 98.6 Å². The predicted octanol–water partition coefficient (Wildman–Crippen LogP) is 6.89. The zero-order chi connectivity index (χ0) is 35.5. The van der Waals surface area contributed by atoms with E-state index in [9.17, 15) is 10.1 Å². The van der Waals surface area contributed by atoms with Crippen LogP contribution in [0, 0.1) is 35.0 Å². The number of carbonyl (C=O) groups excluding carboxylic acids is 1. The van der Waals surface area contributed by atoms with Gasteiger partial charge < -0.3 is 30.3 Å². The molecular weight excluding hydrogens is 646 g/mol.